The third-order valence-electron chi connectivity index (χ3n) is 2.76. The van der Waals surface area contributed by atoms with Crippen LogP contribution in [0.5, 0.6) is 5.75 Å². The molecule has 0 aliphatic carbocycles. The highest BCUT2D eigenvalue weighted by atomic mass is 16.5. The summed E-state index contributed by atoms with van der Waals surface area (Å²) in [5.41, 5.74) is 3.62. The molecule has 0 aliphatic rings. The largest absolute Gasteiger partial charge is 0.489 e. The van der Waals surface area contributed by atoms with Crippen LogP contribution in [-0.4, -0.2) is 4.98 Å². The van der Waals surface area contributed by atoms with Crippen LogP contribution in [0.4, 0.5) is 0 Å². The molecule has 1 aromatic carbocycles. The first-order valence-electron chi connectivity index (χ1n) is 7.91. The Morgan fingerprint density at radius 1 is 1.00 bits per heavy atom. The Morgan fingerprint density at radius 2 is 1.71 bits per heavy atom. The number of nitrogens with zero attached hydrogens (tertiary/aromatic N) is 1. The number of hydrogen-bond donors (Lipinski definition) is 0. The maximum absolute atomic E-state index is 5.78. The van der Waals surface area contributed by atoms with E-state index < -0.39 is 0 Å². The third kappa shape index (κ3) is 6.94. The predicted molar refractivity (Wildman–Crippen MR) is 91.8 cm³/mol. The van der Waals surface area contributed by atoms with E-state index in [0.29, 0.717) is 6.61 Å². The van der Waals surface area contributed by atoms with Gasteiger partial charge in [0.2, 0.25) is 0 Å². The molecular weight excluding hydrogens is 258 g/mol. The van der Waals surface area contributed by atoms with Gasteiger partial charge in [0.05, 0.1) is 0 Å². The second-order valence-electron chi connectivity index (χ2n) is 4.10. The summed E-state index contributed by atoms with van der Waals surface area (Å²) in [6, 6.07) is 10.3. The van der Waals surface area contributed by atoms with Crippen LogP contribution in [0.2, 0.25) is 0 Å². The molecule has 0 bridgehead atoms. The van der Waals surface area contributed by atoms with Crippen LogP contribution in [-0.2, 0) is 13.0 Å². The van der Waals surface area contributed by atoms with Crippen LogP contribution in [0, 0.1) is 6.92 Å². The van der Waals surface area contributed by atoms with E-state index in [-0.39, 0.29) is 0 Å². The van der Waals surface area contributed by atoms with Gasteiger partial charge in [-0.2, -0.15) is 0 Å². The first-order chi connectivity index (χ1) is 10.3. The lowest BCUT2D eigenvalue weighted by Gasteiger charge is -2.10. The van der Waals surface area contributed by atoms with Crippen molar-refractivity contribution >= 4 is 0 Å². The maximum Gasteiger partial charge on any atom is 0.122 e. The van der Waals surface area contributed by atoms with Gasteiger partial charge in [0, 0.05) is 18.0 Å². The highest BCUT2D eigenvalue weighted by Crippen LogP contribution is 2.20. The monoisotopic (exact) mass is 287 g/mol. The molecule has 2 aromatic rings. The third-order valence-corrected chi connectivity index (χ3v) is 2.76. The average molecular weight is 287 g/mol. The van der Waals surface area contributed by atoms with E-state index in [1.807, 2.05) is 52.1 Å². The molecule has 0 unspecified atom stereocenters. The van der Waals surface area contributed by atoms with Crippen molar-refractivity contribution in [1.29, 1.82) is 0 Å². The molecule has 0 saturated heterocycles. The highest BCUT2D eigenvalue weighted by molar-refractivity contribution is 5.36. The Labute approximate surface area is 130 Å². The van der Waals surface area contributed by atoms with Crippen LogP contribution in [0.25, 0.3) is 0 Å². The molecule has 0 atom stereocenters. The first kappa shape index (κ1) is 19.2. The number of benzene rings is 1. The maximum atomic E-state index is 5.78. The van der Waals surface area contributed by atoms with Gasteiger partial charge >= 0.3 is 0 Å². The molecule has 0 aliphatic heterocycles. The Morgan fingerprint density at radius 3 is 2.24 bits per heavy atom. The molecule has 1 heterocycles. The molecule has 0 radical (unpaired) electrons. The van der Waals surface area contributed by atoms with Gasteiger partial charge < -0.3 is 4.74 Å². The number of ether oxygens (including phenoxy) is 1. The predicted octanol–water partition coefficient (Wildman–Crippen LogP) is 5.58. The Bertz CT molecular complexity index is 480. The van der Waals surface area contributed by atoms with Crippen molar-refractivity contribution in [2.45, 2.75) is 54.6 Å². The molecule has 0 spiro atoms. The molecule has 0 saturated carbocycles. The van der Waals surface area contributed by atoms with Gasteiger partial charge in [-0.1, -0.05) is 52.8 Å². The van der Waals surface area contributed by atoms with Gasteiger partial charge in [-0.15, -0.1) is 0 Å². The fourth-order valence-electron chi connectivity index (χ4n) is 1.74. The quantitative estimate of drug-likeness (QED) is 0.732. The van der Waals surface area contributed by atoms with Gasteiger partial charge in [-0.05, 0) is 36.6 Å². The molecule has 2 nitrogen and oxygen atoms in total. The van der Waals surface area contributed by atoms with E-state index in [0.717, 1.165) is 17.7 Å². The van der Waals surface area contributed by atoms with Crippen molar-refractivity contribution < 1.29 is 4.74 Å². The van der Waals surface area contributed by atoms with Gasteiger partial charge in [0.25, 0.3) is 0 Å². The summed E-state index contributed by atoms with van der Waals surface area (Å²) in [4.78, 5) is 4.07. The highest BCUT2D eigenvalue weighted by Gasteiger charge is 2.01. The second-order valence-corrected chi connectivity index (χ2v) is 4.10. The normalized spacial score (nSPS) is 8.86. The van der Waals surface area contributed by atoms with Crippen molar-refractivity contribution in [3.8, 4) is 5.75 Å². The van der Waals surface area contributed by atoms with E-state index >= 15 is 0 Å². The molecule has 21 heavy (non-hydrogen) atoms. The SMILES string of the molecule is CC.CC.CCc1ccc(OCc2cccnc2)c(C)c1. The lowest BCUT2D eigenvalue weighted by Crippen LogP contribution is -1.97. The average Bonchev–Trinajstić information content (AvgIpc) is 2.58. The number of rotatable bonds is 4. The van der Waals surface area contributed by atoms with E-state index in [2.05, 4.69) is 31.0 Å². The lowest BCUT2D eigenvalue weighted by atomic mass is 10.1. The number of aryl methyl sites for hydroxylation is 2. The van der Waals surface area contributed by atoms with E-state index in [9.17, 15) is 0 Å². The van der Waals surface area contributed by atoms with Crippen LogP contribution in [0.15, 0.2) is 42.7 Å². The standard InChI is InChI=1S/C15H17NO.2C2H6/c1-3-13-6-7-15(12(2)9-13)17-11-14-5-4-8-16-10-14;2*1-2/h4-10H,3,11H2,1-2H3;2*1-2H3. The van der Waals surface area contributed by atoms with Crippen LogP contribution in [0.1, 0.15) is 51.3 Å². The zero-order chi connectivity index (χ0) is 16.1. The topological polar surface area (TPSA) is 22.1 Å². The fourth-order valence-corrected chi connectivity index (χ4v) is 1.74. The minimum absolute atomic E-state index is 0.570. The van der Waals surface area contributed by atoms with Crippen LogP contribution >= 0.6 is 0 Å². The van der Waals surface area contributed by atoms with Crippen molar-refractivity contribution in [3.63, 3.8) is 0 Å². The van der Waals surface area contributed by atoms with Crippen molar-refractivity contribution in [3.05, 3.63) is 59.4 Å². The fraction of sp³-hybridized carbons (Fsp3) is 0.421. The van der Waals surface area contributed by atoms with Gasteiger partial charge in [0.1, 0.15) is 12.4 Å². The van der Waals surface area contributed by atoms with Gasteiger partial charge in [-0.25, -0.2) is 0 Å². The summed E-state index contributed by atoms with van der Waals surface area (Å²) < 4.78 is 5.78. The number of aromatic nitrogens is 1. The minimum Gasteiger partial charge on any atom is -0.489 e. The van der Waals surface area contributed by atoms with Crippen molar-refractivity contribution in [1.82, 2.24) is 4.98 Å². The van der Waals surface area contributed by atoms with Crippen LogP contribution in [0.3, 0.4) is 0 Å². The molecule has 116 valence electrons. The smallest absolute Gasteiger partial charge is 0.122 e. The molecule has 0 N–H and O–H groups in total. The molecule has 1 aromatic heterocycles. The van der Waals surface area contributed by atoms with Crippen LogP contribution < -0.4 is 4.74 Å². The lowest BCUT2D eigenvalue weighted by molar-refractivity contribution is 0.303. The molecular formula is C19H29NO. The zero-order valence-electron chi connectivity index (χ0n) is 14.3. The summed E-state index contributed by atoms with van der Waals surface area (Å²) in [6.07, 6.45) is 4.66. The first-order valence-corrected chi connectivity index (χ1v) is 7.91. The number of pyridine rings is 1. The number of hydrogen-bond acceptors (Lipinski definition) is 2. The van der Waals surface area contributed by atoms with Gasteiger partial charge in [0.15, 0.2) is 0 Å². The summed E-state index contributed by atoms with van der Waals surface area (Å²) in [7, 11) is 0. The Kier molecular flexibility index (Phi) is 10.9. The van der Waals surface area contributed by atoms with E-state index in [4.69, 9.17) is 4.74 Å². The Hall–Kier alpha value is -1.83. The van der Waals surface area contributed by atoms with Gasteiger partial charge in [-0.3, -0.25) is 4.98 Å². The molecule has 0 amide bonds. The molecule has 0 fully saturated rings. The van der Waals surface area contributed by atoms with E-state index in [1.54, 1.807) is 6.20 Å². The summed E-state index contributed by atoms with van der Waals surface area (Å²) >= 11 is 0. The minimum atomic E-state index is 0.570. The van der Waals surface area contributed by atoms with Crippen molar-refractivity contribution in [2.75, 3.05) is 0 Å². The zero-order valence-corrected chi connectivity index (χ0v) is 14.3. The second kappa shape index (κ2) is 12.0. The van der Waals surface area contributed by atoms with Crippen molar-refractivity contribution in [2.24, 2.45) is 0 Å². The molecule has 2 heteroatoms. The van der Waals surface area contributed by atoms with E-state index in [1.165, 1.54) is 11.1 Å². The Balaban J connectivity index is 0.000000921. The summed E-state index contributed by atoms with van der Waals surface area (Å²) in [5.74, 6) is 0.950. The summed E-state index contributed by atoms with van der Waals surface area (Å²) in [5, 5.41) is 0. The molecule has 2 rings (SSSR count). The summed E-state index contributed by atoms with van der Waals surface area (Å²) in [6.45, 7) is 12.8.